The highest BCUT2D eigenvalue weighted by Crippen LogP contribution is 2.36. The summed E-state index contributed by atoms with van der Waals surface area (Å²) in [5, 5.41) is 3.49. The lowest BCUT2D eigenvalue weighted by atomic mass is 9.78. The second-order valence-electron chi connectivity index (χ2n) is 7.07. The Morgan fingerprint density at radius 3 is 2.21 bits per heavy atom. The van der Waals surface area contributed by atoms with Crippen molar-refractivity contribution in [1.29, 1.82) is 0 Å². The van der Waals surface area contributed by atoms with Crippen molar-refractivity contribution in [3.63, 3.8) is 0 Å². The van der Waals surface area contributed by atoms with Gasteiger partial charge in [-0.05, 0) is 50.6 Å². The number of hydrogen-bond donors (Lipinski definition) is 1. The number of nitrogens with one attached hydrogen (secondary N) is 1. The van der Waals surface area contributed by atoms with Crippen molar-refractivity contribution in [2.45, 2.75) is 64.7 Å². The normalized spacial score (nSPS) is 24.2. The first kappa shape index (κ1) is 15.3. The number of rotatable bonds is 7. The highest BCUT2D eigenvalue weighted by atomic mass is 15.1. The van der Waals surface area contributed by atoms with E-state index < -0.39 is 0 Å². The molecule has 2 aliphatic carbocycles. The van der Waals surface area contributed by atoms with Gasteiger partial charge in [-0.15, -0.1) is 0 Å². The van der Waals surface area contributed by atoms with Gasteiger partial charge in [-0.1, -0.05) is 39.0 Å². The molecule has 0 saturated heterocycles. The van der Waals surface area contributed by atoms with Gasteiger partial charge in [0.1, 0.15) is 0 Å². The van der Waals surface area contributed by atoms with Crippen LogP contribution in [0.15, 0.2) is 0 Å². The Morgan fingerprint density at radius 2 is 1.74 bits per heavy atom. The van der Waals surface area contributed by atoms with Gasteiger partial charge in [0.15, 0.2) is 0 Å². The minimum Gasteiger partial charge on any atom is -0.319 e. The van der Waals surface area contributed by atoms with E-state index in [0.717, 1.165) is 5.92 Å². The summed E-state index contributed by atoms with van der Waals surface area (Å²) in [6, 6.07) is 0. The van der Waals surface area contributed by atoms with E-state index in [-0.39, 0.29) is 0 Å². The lowest BCUT2D eigenvalue weighted by Crippen LogP contribution is -2.45. The summed E-state index contributed by atoms with van der Waals surface area (Å²) in [7, 11) is 2.13. The molecule has 0 atom stereocenters. The maximum absolute atomic E-state index is 3.49. The van der Waals surface area contributed by atoms with Gasteiger partial charge >= 0.3 is 0 Å². The fourth-order valence-electron chi connectivity index (χ4n) is 4.06. The van der Waals surface area contributed by atoms with Crippen LogP contribution in [0.4, 0.5) is 0 Å². The van der Waals surface area contributed by atoms with Crippen LogP contribution >= 0.6 is 0 Å². The van der Waals surface area contributed by atoms with Crippen molar-refractivity contribution in [3.8, 4) is 0 Å². The molecule has 2 fully saturated rings. The van der Waals surface area contributed by atoms with Crippen LogP contribution in [-0.2, 0) is 0 Å². The zero-order valence-electron chi connectivity index (χ0n) is 13.2. The highest BCUT2D eigenvalue weighted by molar-refractivity contribution is 4.87. The molecule has 19 heavy (non-hydrogen) atoms. The Balaban J connectivity index is 1.91. The van der Waals surface area contributed by atoms with Crippen LogP contribution in [0.5, 0.6) is 0 Å². The van der Waals surface area contributed by atoms with E-state index in [1.54, 1.807) is 0 Å². The highest BCUT2D eigenvalue weighted by Gasteiger charge is 2.33. The molecule has 0 unspecified atom stereocenters. The van der Waals surface area contributed by atoms with Crippen molar-refractivity contribution in [2.24, 2.45) is 11.3 Å². The first-order chi connectivity index (χ1) is 9.28. The van der Waals surface area contributed by atoms with E-state index in [9.17, 15) is 0 Å². The molecule has 112 valence electrons. The average molecular weight is 266 g/mol. The molecule has 0 radical (unpaired) electrons. The topological polar surface area (TPSA) is 15.3 Å². The summed E-state index contributed by atoms with van der Waals surface area (Å²) < 4.78 is 0. The largest absolute Gasteiger partial charge is 0.319 e. The quantitative estimate of drug-likeness (QED) is 0.707. The van der Waals surface area contributed by atoms with Crippen molar-refractivity contribution in [3.05, 3.63) is 0 Å². The molecule has 0 aromatic heterocycles. The molecule has 2 aliphatic rings. The molecule has 0 amide bonds. The SMILES string of the molecule is CCN(CC1CCC1)CC1(CNC)CCCCCC1. The van der Waals surface area contributed by atoms with Gasteiger partial charge in [-0.3, -0.25) is 0 Å². The summed E-state index contributed by atoms with van der Waals surface area (Å²) in [5.41, 5.74) is 0.561. The van der Waals surface area contributed by atoms with Gasteiger partial charge in [-0.25, -0.2) is 0 Å². The van der Waals surface area contributed by atoms with Gasteiger partial charge in [0.05, 0.1) is 0 Å². The molecule has 0 bridgehead atoms. The third kappa shape index (κ3) is 4.46. The minimum atomic E-state index is 0.561. The maximum Gasteiger partial charge on any atom is 0.00501 e. The molecule has 0 spiro atoms. The van der Waals surface area contributed by atoms with Crippen LogP contribution in [0, 0.1) is 11.3 Å². The summed E-state index contributed by atoms with van der Waals surface area (Å²) >= 11 is 0. The molecule has 2 saturated carbocycles. The second kappa shape index (κ2) is 7.64. The van der Waals surface area contributed by atoms with Gasteiger partial charge in [0.25, 0.3) is 0 Å². The van der Waals surface area contributed by atoms with E-state index >= 15 is 0 Å². The van der Waals surface area contributed by atoms with Crippen LogP contribution in [0.1, 0.15) is 64.7 Å². The lowest BCUT2D eigenvalue weighted by molar-refractivity contribution is 0.102. The molecule has 2 nitrogen and oxygen atoms in total. The van der Waals surface area contributed by atoms with Gasteiger partial charge in [-0.2, -0.15) is 0 Å². The fraction of sp³-hybridized carbons (Fsp3) is 1.00. The molecule has 1 N–H and O–H groups in total. The zero-order valence-corrected chi connectivity index (χ0v) is 13.2. The smallest absolute Gasteiger partial charge is 0.00501 e. The molecule has 0 heterocycles. The monoisotopic (exact) mass is 266 g/mol. The minimum absolute atomic E-state index is 0.561. The Labute approximate surface area is 120 Å². The molecule has 0 aliphatic heterocycles. The third-order valence-corrected chi connectivity index (χ3v) is 5.46. The number of nitrogens with zero attached hydrogens (tertiary/aromatic N) is 1. The van der Waals surface area contributed by atoms with Gasteiger partial charge < -0.3 is 10.2 Å². The van der Waals surface area contributed by atoms with E-state index in [0.29, 0.717) is 5.41 Å². The second-order valence-corrected chi connectivity index (χ2v) is 7.07. The first-order valence-electron chi connectivity index (χ1n) is 8.65. The molecule has 0 aromatic carbocycles. The van der Waals surface area contributed by atoms with Crippen molar-refractivity contribution in [1.82, 2.24) is 10.2 Å². The van der Waals surface area contributed by atoms with Crippen molar-refractivity contribution >= 4 is 0 Å². The Morgan fingerprint density at radius 1 is 1.05 bits per heavy atom. The fourth-order valence-corrected chi connectivity index (χ4v) is 4.06. The average Bonchev–Trinajstić information content (AvgIpc) is 2.59. The van der Waals surface area contributed by atoms with Crippen LogP contribution in [0.25, 0.3) is 0 Å². The predicted octanol–water partition coefficient (Wildman–Crippen LogP) is 3.67. The first-order valence-corrected chi connectivity index (χ1v) is 8.65. The summed E-state index contributed by atoms with van der Waals surface area (Å²) in [5.74, 6) is 1.01. The van der Waals surface area contributed by atoms with Gasteiger partial charge in [0.2, 0.25) is 0 Å². The van der Waals surface area contributed by atoms with E-state index in [4.69, 9.17) is 0 Å². The van der Waals surface area contributed by atoms with Gasteiger partial charge in [0, 0.05) is 19.6 Å². The summed E-state index contributed by atoms with van der Waals surface area (Å²) in [6.45, 7) is 7.50. The Hall–Kier alpha value is -0.0800. The van der Waals surface area contributed by atoms with E-state index in [1.807, 2.05) is 0 Å². The lowest BCUT2D eigenvalue weighted by Gasteiger charge is -2.40. The standard InChI is InChI=1S/C17H34N2/c1-3-19(13-16-9-8-10-16)15-17(14-18-2)11-6-4-5-7-12-17/h16,18H,3-15H2,1-2H3. The maximum atomic E-state index is 3.49. The van der Waals surface area contributed by atoms with Crippen LogP contribution in [-0.4, -0.2) is 38.1 Å². The Bertz CT molecular complexity index is 240. The van der Waals surface area contributed by atoms with Crippen molar-refractivity contribution in [2.75, 3.05) is 33.2 Å². The molecular formula is C17H34N2. The predicted molar refractivity (Wildman–Crippen MR) is 83.5 cm³/mol. The van der Waals surface area contributed by atoms with Crippen molar-refractivity contribution < 1.29 is 0 Å². The Kier molecular flexibility index (Phi) is 6.15. The molecule has 0 aromatic rings. The van der Waals surface area contributed by atoms with Crippen LogP contribution < -0.4 is 5.32 Å². The summed E-state index contributed by atoms with van der Waals surface area (Å²) in [4.78, 5) is 2.76. The zero-order chi connectivity index (χ0) is 13.6. The molecule has 2 rings (SSSR count). The summed E-state index contributed by atoms with van der Waals surface area (Å²) in [6.07, 6.45) is 13.1. The number of hydrogen-bond acceptors (Lipinski definition) is 2. The van der Waals surface area contributed by atoms with Crippen LogP contribution in [0.2, 0.25) is 0 Å². The van der Waals surface area contributed by atoms with E-state index in [2.05, 4.69) is 24.2 Å². The van der Waals surface area contributed by atoms with E-state index in [1.165, 1.54) is 84.0 Å². The van der Waals surface area contributed by atoms with Crippen LogP contribution in [0.3, 0.4) is 0 Å². The third-order valence-electron chi connectivity index (χ3n) is 5.46. The molecule has 2 heteroatoms. The molecular weight excluding hydrogens is 232 g/mol.